The Balaban J connectivity index is 2.23. The molecule has 0 unspecified atom stereocenters. The van der Waals surface area contributed by atoms with Crippen molar-refractivity contribution < 1.29 is 14.8 Å². The molecule has 2 rings (SSSR count). The normalized spacial score (nSPS) is 10.6. The summed E-state index contributed by atoms with van der Waals surface area (Å²) in [4.78, 5) is 10.5. The summed E-state index contributed by atoms with van der Waals surface area (Å²) < 4.78 is 7.36. The second kappa shape index (κ2) is 6.36. The molecule has 112 valence electrons. The lowest BCUT2D eigenvalue weighted by atomic mass is 10.2. The zero-order chi connectivity index (χ0) is 15.4. The van der Waals surface area contributed by atoms with Gasteiger partial charge in [0, 0.05) is 12.6 Å². The summed E-state index contributed by atoms with van der Waals surface area (Å²) in [5.41, 5.74) is 2.16. The average Bonchev–Trinajstić information content (AvgIpc) is 2.84. The lowest BCUT2D eigenvalue weighted by Gasteiger charge is -2.09. The molecule has 0 radical (unpaired) electrons. The van der Waals surface area contributed by atoms with Gasteiger partial charge in [-0.2, -0.15) is 5.10 Å². The van der Waals surface area contributed by atoms with Gasteiger partial charge in [-0.05, 0) is 37.6 Å². The first-order chi connectivity index (χ1) is 10.0. The van der Waals surface area contributed by atoms with Gasteiger partial charge in [0.25, 0.3) is 0 Å². The minimum Gasteiger partial charge on any atom is -0.480 e. The number of benzene rings is 1. The zero-order valence-corrected chi connectivity index (χ0v) is 11.9. The van der Waals surface area contributed by atoms with Crippen LogP contribution < -0.4 is 4.74 Å². The van der Waals surface area contributed by atoms with E-state index in [1.54, 1.807) is 4.68 Å². The molecule has 7 heteroatoms. The Labute approximate surface area is 121 Å². The highest BCUT2D eigenvalue weighted by atomic mass is 16.6. The van der Waals surface area contributed by atoms with Gasteiger partial charge in [-0.3, -0.25) is 14.8 Å². The Morgan fingerprint density at radius 2 is 2.19 bits per heavy atom. The van der Waals surface area contributed by atoms with E-state index in [0.717, 1.165) is 11.4 Å². The molecule has 1 aromatic carbocycles. The number of rotatable bonds is 6. The van der Waals surface area contributed by atoms with E-state index in [0.29, 0.717) is 12.1 Å². The first-order valence-corrected chi connectivity index (χ1v) is 6.59. The van der Waals surface area contributed by atoms with Crippen molar-refractivity contribution in [3.05, 3.63) is 51.3 Å². The second-order valence-corrected chi connectivity index (χ2v) is 4.60. The largest absolute Gasteiger partial charge is 0.480 e. The van der Waals surface area contributed by atoms with Gasteiger partial charge in [0.05, 0.1) is 22.9 Å². The predicted molar refractivity (Wildman–Crippen MR) is 76.0 cm³/mol. The van der Waals surface area contributed by atoms with Crippen LogP contribution in [0.3, 0.4) is 0 Å². The third kappa shape index (κ3) is 3.38. The van der Waals surface area contributed by atoms with E-state index in [-0.39, 0.29) is 24.7 Å². The summed E-state index contributed by atoms with van der Waals surface area (Å²) in [5.74, 6) is 0.146. The second-order valence-electron chi connectivity index (χ2n) is 4.60. The van der Waals surface area contributed by atoms with Crippen molar-refractivity contribution in [3.63, 3.8) is 0 Å². The fourth-order valence-corrected chi connectivity index (χ4v) is 2.06. The zero-order valence-electron chi connectivity index (χ0n) is 11.9. The van der Waals surface area contributed by atoms with Crippen molar-refractivity contribution in [3.8, 4) is 5.75 Å². The molecular formula is C14H17N3O4. The van der Waals surface area contributed by atoms with Crippen LogP contribution in [0.4, 0.5) is 5.69 Å². The molecule has 1 aromatic heterocycles. The molecule has 1 N–H and O–H groups in total. The molecule has 21 heavy (non-hydrogen) atoms. The Morgan fingerprint density at radius 1 is 1.43 bits per heavy atom. The van der Waals surface area contributed by atoms with Crippen molar-refractivity contribution in [1.82, 2.24) is 9.78 Å². The van der Waals surface area contributed by atoms with Gasteiger partial charge in [0.1, 0.15) is 6.61 Å². The van der Waals surface area contributed by atoms with Gasteiger partial charge in [0.15, 0.2) is 5.75 Å². The topological polar surface area (TPSA) is 90.4 Å². The number of nitrogens with zero attached hydrogens (tertiary/aromatic N) is 3. The molecule has 0 atom stereocenters. The van der Waals surface area contributed by atoms with Crippen LogP contribution in [0.2, 0.25) is 0 Å². The highest BCUT2D eigenvalue weighted by Gasteiger charge is 2.16. The third-order valence-electron chi connectivity index (χ3n) is 3.06. The minimum absolute atomic E-state index is 0.119. The van der Waals surface area contributed by atoms with Gasteiger partial charge >= 0.3 is 5.69 Å². The maximum Gasteiger partial charge on any atom is 0.310 e. The van der Waals surface area contributed by atoms with Crippen molar-refractivity contribution in [2.24, 2.45) is 0 Å². The molecule has 0 saturated carbocycles. The molecule has 0 fully saturated rings. The standard InChI is InChI=1S/C14H17N3O4/c1-3-16-12(6-10(2)15-16)9-21-14-7-11(8-18)4-5-13(14)17(19)20/h4-7,18H,3,8-9H2,1-2H3. The van der Waals surface area contributed by atoms with E-state index >= 15 is 0 Å². The highest BCUT2D eigenvalue weighted by Crippen LogP contribution is 2.28. The van der Waals surface area contributed by atoms with Crippen molar-refractivity contribution >= 4 is 5.69 Å². The fraction of sp³-hybridized carbons (Fsp3) is 0.357. The molecule has 0 aliphatic heterocycles. The molecule has 2 aromatic rings. The molecular weight excluding hydrogens is 274 g/mol. The number of aliphatic hydroxyl groups is 1. The number of aryl methyl sites for hydroxylation is 2. The summed E-state index contributed by atoms with van der Waals surface area (Å²) in [6.45, 7) is 4.53. The first-order valence-electron chi connectivity index (χ1n) is 6.59. The van der Waals surface area contributed by atoms with Crippen molar-refractivity contribution in [2.45, 2.75) is 33.6 Å². The summed E-state index contributed by atoms with van der Waals surface area (Å²) in [6.07, 6.45) is 0. The number of hydrogen-bond acceptors (Lipinski definition) is 5. The molecule has 1 heterocycles. The number of hydrogen-bond donors (Lipinski definition) is 1. The predicted octanol–water partition coefficient (Wildman–Crippen LogP) is 2.19. The molecule has 0 aliphatic carbocycles. The lowest BCUT2D eigenvalue weighted by molar-refractivity contribution is -0.386. The van der Waals surface area contributed by atoms with E-state index in [9.17, 15) is 10.1 Å². The van der Waals surface area contributed by atoms with Gasteiger partial charge in [-0.15, -0.1) is 0 Å². The first kappa shape index (κ1) is 15.0. The number of ether oxygens (including phenoxy) is 1. The van der Waals surface area contributed by atoms with Crippen LogP contribution in [0.15, 0.2) is 24.3 Å². The van der Waals surface area contributed by atoms with E-state index in [4.69, 9.17) is 9.84 Å². The van der Waals surface area contributed by atoms with Crippen LogP contribution in [-0.2, 0) is 19.8 Å². The van der Waals surface area contributed by atoms with E-state index in [2.05, 4.69) is 5.10 Å². The Bertz CT molecular complexity index is 652. The molecule has 0 amide bonds. The third-order valence-corrected chi connectivity index (χ3v) is 3.06. The van der Waals surface area contributed by atoms with Crippen LogP contribution in [0.5, 0.6) is 5.75 Å². The van der Waals surface area contributed by atoms with Crippen molar-refractivity contribution in [2.75, 3.05) is 0 Å². The molecule has 0 saturated heterocycles. The van der Waals surface area contributed by atoms with Crippen LogP contribution in [-0.4, -0.2) is 19.8 Å². The Hall–Kier alpha value is -2.41. The molecule has 0 spiro atoms. The number of nitro groups is 1. The lowest BCUT2D eigenvalue weighted by Crippen LogP contribution is -2.07. The van der Waals surface area contributed by atoms with Crippen molar-refractivity contribution in [1.29, 1.82) is 0 Å². The van der Waals surface area contributed by atoms with Crippen LogP contribution in [0.25, 0.3) is 0 Å². The molecule has 0 bridgehead atoms. The van der Waals surface area contributed by atoms with Crippen LogP contribution >= 0.6 is 0 Å². The minimum atomic E-state index is -0.501. The maximum absolute atomic E-state index is 11.0. The van der Waals surface area contributed by atoms with E-state index in [1.165, 1.54) is 18.2 Å². The van der Waals surface area contributed by atoms with Crippen LogP contribution in [0, 0.1) is 17.0 Å². The number of nitro benzene ring substituents is 1. The molecule has 7 nitrogen and oxygen atoms in total. The highest BCUT2D eigenvalue weighted by molar-refractivity contribution is 5.48. The van der Waals surface area contributed by atoms with Gasteiger partial charge in [0.2, 0.25) is 0 Å². The number of aromatic nitrogens is 2. The smallest absolute Gasteiger partial charge is 0.310 e. The average molecular weight is 291 g/mol. The summed E-state index contributed by atoms with van der Waals surface area (Å²) in [5, 5.41) is 24.4. The maximum atomic E-state index is 11.0. The Kier molecular flexibility index (Phi) is 4.54. The van der Waals surface area contributed by atoms with Gasteiger partial charge in [-0.1, -0.05) is 0 Å². The quantitative estimate of drug-likeness (QED) is 0.650. The van der Waals surface area contributed by atoms with Gasteiger partial charge in [-0.25, -0.2) is 0 Å². The van der Waals surface area contributed by atoms with Gasteiger partial charge < -0.3 is 9.84 Å². The summed E-state index contributed by atoms with van der Waals surface area (Å²) in [6, 6.07) is 6.21. The SMILES string of the molecule is CCn1nc(C)cc1COc1cc(CO)ccc1[N+](=O)[O-]. The fourth-order valence-electron chi connectivity index (χ4n) is 2.06. The number of aliphatic hydroxyl groups excluding tert-OH is 1. The van der Waals surface area contributed by atoms with E-state index < -0.39 is 4.92 Å². The van der Waals surface area contributed by atoms with E-state index in [1.807, 2.05) is 19.9 Å². The summed E-state index contributed by atoms with van der Waals surface area (Å²) >= 11 is 0. The Morgan fingerprint density at radius 3 is 2.81 bits per heavy atom. The summed E-state index contributed by atoms with van der Waals surface area (Å²) in [7, 11) is 0. The van der Waals surface area contributed by atoms with Crippen LogP contribution in [0.1, 0.15) is 23.9 Å². The monoisotopic (exact) mass is 291 g/mol. The molecule has 0 aliphatic rings.